The molecule has 33 heavy (non-hydrogen) atoms. The van der Waals surface area contributed by atoms with Gasteiger partial charge in [-0.3, -0.25) is 9.59 Å². The highest BCUT2D eigenvalue weighted by Crippen LogP contribution is 2.21. The summed E-state index contributed by atoms with van der Waals surface area (Å²) in [6.45, 7) is 2.05. The maximum atomic E-state index is 13.3. The quantitative estimate of drug-likeness (QED) is 0.529. The number of nitrogens with zero attached hydrogens (tertiary/aromatic N) is 1. The number of benzene rings is 2. The fraction of sp³-hybridized carbons (Fsp3) is 0.462. The van der Waals surface area contributed by atoms with Crippen molar-refractivity contribution in [2.75, 3.05) is 13.7 Å². The first-order valence-corrected chi connectivity index (χ1v) is 12.0. The molecule has 1 aliphatic carbocycles. The van der Waals surface area contributed by atoms with Gasteiger partial charge in [-0.05, 0) is 55.2 Å². The van der Waals surface area contributed by atoms with Crippen LogP contribution in [-0.4, -0.2) is 42.5 Å². The molecule has 2 aromatic rings. The Bertz CT molecular complexity index is 913. The summed E-state index contributed by atoms with van der Waals surface area (Å²) >= 11 is 6.02. The summed E-state index contributed by atoms with van der Waals surface area (Å²) in [5.74, 6) is 0.897. The first kappa shape index (κ1) is 24.9. The smallest absolute Gasteiger partial charge is 0.261 e. The SMILES string of the molecule is CC[C@@H](C(=O)NC1CCCCC1)N(Cc1ccc(OC)cc1)C(=O)COc1cccc(Cl)c1. The second-order valence-electron chi connectivity index (χ2n) is 8.38. The minimum atomic E-state index is -0.579. The second kappa shape index (κ2) is 12.5. The lowest BCUT2D eigenvalue weighted by molar-refractivity contribution is -0.143. The third-order valence-corrected chi connectivity index (χ3v) is 6.24. The normalized spacial score (nSPS) is 14.9. The molecule has 0 radical (unpaired) electrons. The van der Waals surface area contributed by atoms with E-state index in [0.717, 1.165) is 37.0 Å². The molecule has 1 atom stereocenters. The standard InChI is InChI=1S/C26H33ClN2O4/c1-3-24(26(31)28-21-9-5-4-6-10-21)29(17-19-12-14-22(32-2)15-13-19)25(30)18-33-23-11-7-8-20(27)16-23/h7-8,11-16,21,24H,3-6,9-10,17-18H2,1-2H3,(H,28,31)/t24-/m0/s1. The lowest BCUT2D eigenvalue weighted by Crippen LogP contribution is -2.52. The number of methoxy groups -OCH3 is 1. The summed E-state index contributed by atoms with van der Waals surface area (Å²) in [4.78, 5) is 28.1. The molecule has 0 saturated heterocycles. The Kier molecular flexibility index (Phi) is 9.43. The number of amides is 2. The second-order valence-corrected chi connectivity index (χ2v) is 8.82. The number of carbonyl (C=O) groups is 2. The Balaban J connectivity index is 1.75. The third-order valence-electron chi connectivity index (χ3n) is 6.01. The van der Waals surface area contributed by atoms with Crippen LogP contribution in [0.4, 0.5) is 0 Å². The van der Waals surface area contributed by atoms with E-state index in [2.05, 4.69) is 5.32 Å². The highest BCUT2D eigenvalue weighted by Gasteiger charge is 2.30. The molecule has 0 aromatic heterocycles. The molecule has 1 aliphatic rings. The van der Waals surface area contributed by atoms with Gasteiger partial charge in [-0.2, -0.15) is 0 Å². The Morgan fingerprint density at radius 2 is 1.82 bits per heavy atom. The molecule has 7 heteroatoms. The molecule has 0 spiro atoms. The third kappa shape index (κ3) is 7.39. The maximum Gasteiger partial charge on any atom is 0.261 e. The number of hydrogen-bond donors (Lipinski definition) is 1. The molecule has 0 heterocycles. The van der Waals surface area contributed by atoms with Gasteiger partial charge >= 0.3 is 0 Å². The average Bonchev–Trinajstić information content (AvgIpc) is 2.83. The van der Waals surface area contributed by atoms with Crippen LogP contribution in [0.3, 0.4) is 0 Å². The van der Waals surface area contributed by atoms with Crippen molar-refractivity contribution in [2.24, 2.45) is 0 Å². The summed E-state index contributed by atoms with van der Waals surface area (Å²) in [5, 5.41) is 3.71. The molecule has 1 fully saturated rings. The van der Waals surface area contributed by atoms with Crippen LogP contribution in [-0.2, 0) is 16.1 Å². The van der Waals surface area contributed by atoms with E-state index in [1.165, 1.54) is 6.42 Å². The van der Waals surface area contributed by atoms with Crippen molar-refractivity contribution >= 4 is 23.4 Å². The van der Waals surface area contributed by atoms with Crippen LogP contribution in [0.15, 0.2) is 48.5 Å². The molecule has 3 rings (SSSR count). The van der Waals surface area contributed by atoms with Crippen molar-refractivity contribution in [2.45, 2.75) is 64.1 Å². The molecule has 178 valence electrons. The van der Waals surface area contributed by atoms with Crippen molar-refractivity contribution in [3.8, 4) is 11.5 Å². The van der Waals surface area contributed by atoms with E-state index < -0.39 is 6.04 Å². The van der Waals surface area contributed by atoms with Crippen LogP contribution in [0, 0.1) is 0 Å². The molecule has 1 N–H and O–H groups in total. The van der Waals surface area contributed by atoms with Gasteiger partial charge in [0.05, 0.1) is 7.11 Å². The number of ether oxygens (including phenoxy) is 2. The van der Waals surface area contributed by atoms with Gasteiger partial charge in [-0.15, -0.1) is 0 Å². The summed E-state index contributed by atoms with van der Waals surface area (Å²) in [7, 11) is 1.61. The molecule has 0 aliphatic heterocycles. The monoisotopic (exact) mass is 472 g/mol. The Morgan fingerprint density at radius 3 is 2.45 bits per heavy atom. The first-order chi connectivity index (χ1) is 16.0. The number of carbonyl (C=O) groups excluding carboxylic acids is 2. The lowest BCUT2D eigenvalue weighted by atomic mass is 9.95. The molecule has 1 saturated carbocycles. The Hall–Kier alpha value is -2.73. The topological polar surface area (TPSA) is 67.9 Å². The number of rotatable bonds is 10. The Morgan fingerprint density at radius 1 is 1.09 bits per heavy atom. The molecule has 2 aromatic carbocycles. The summed E-state index contributed by atoms with van der Waals surface area (Å²) in [5.41, 5.74) is 0.913. The van der Waals surface area contributed by atoms with Gasteiger partial charge < -0.3 is 19.7 Å². The van der Waals surface area contributed by atoms with E-state index in [-0.39, 0.29) is 24.5 Å². The molecular weight excluding hydrogens is 440 g/mol. The highest BCUT2D eigenvalue weighted by molar-refractivity contribution is 6.30. The van der Waals surface area contributed by atoms with Gasteiger partial charge in [-0.1, -0.05) is 56.0 Å². The predicted molar refractivity (Wildman–Crippen MR) is 130 cm³/mol. The van der Waals surface area contributed by atoms with Crippen molar-refractivity contribution in [1.29, 1.82) is 0 Å². The largest absolute Gasteiger partial charge is 0.497 e. The van der Waals surface area contributed by atoms with Crippen LogP contribution >= 0.6 is 11.6 Å². The molecule has 0 bridgehead atoms. The van der Waals surface area contributed by atoms with Crippen LogP contribution in [0.2, 0.25) is 5.02 Å². The predicted octanol–water partition coefficient (Wildman–Crippen LogP) is 4.98. The zero-order valence-electron chi connectivity index (χ0n) is 19.4. The minimum absolute atomic E-state index is 0.103. The van der Waals surface area contributed by atoms with E-state index in [0.29, 0.717) is 23.7 Å². The van der Waals surface area contributed by atoms with E-state index >= 15 is 0 Å². The first-order valence-electron chi connectivity index (χ1n) is 11.6. The van der Waals surface area contributed by atoms with E-state index in [9.17, 15) is 9.59 Å². The zero-order chi connectivity index (χ0) is 23.6. The lowest BCUT2D eigenvalue weighted by Gasteiger charge is -2.32. The van der Waals surface area contributed by atoms with Crippen LogP contribution in [0.5, 0.6) is 11.5 Å². The Labute approximate surface area is 201 Å². The van der Waals surface area contributed by atoms with Gasteiger partial charge in [0.15, 0.2) is 6.61 Å². The fourth-order valence-corrected chi connectivity index (χ4v) is 4.36. The molecule has 0 unspecified atom stereocenters. The van der Waals surface area contributed by atoms with E-state index in [1.807, 2.05) is 31.2 Å². The summed E-state index contributed by atoms with van der Waals surface area (Å²) in [6, 6.07) is 14.0. The van der Waals surface area contributed by atoms with Gasteiger partial charge in [0, 0.05) is 17.6 Å². The number of hydrogen-bond acceptors (Lipinski definition) is 4. The van der Waals surface area contributed by atoms with E-state index in [4.69, 9.17) is 21.1 Å². The van der Waals surface area contributed by atoms with Crippen molar-refractivity contribution < 1.29 is 19.1 Å². The molecule has 2 amide bonds. The van der Waals surface area contributed by atoms with Crippen LogP contribution in [0.1, 0.15) is 51.0 Å². The van der Waals surface area contributed by atoms with Gasteiger partial charge in [0.1, 0.15) is 17.5 Å². The summed E-state index contributed by atoms with van der Waals surface area (Å²) in [6.07, 6.45) is 5.97. The van der Waals surface area contributed by atoms with Gasteiger partial charge in [0.2, 0.25) is 5.91 Å². The van der Waals surface area contributed by atoms with Crippen molar-refractivity contribution in [3.05, 3.63) is 59.1 Å². The van der Waals surface area contributed by atoms with Crippen LogP contribution in [0.25, 0.3) is 0 Å². The zero-order valence-corrected chi connectivity index (χ0v) is 20.1. The number of halogens is 1. The van der Waals surface area contributed by atoms with Gasteiger partial charge in [-0.25, -0.2) is 0 Å². The van der Waals surface area contributed by atoms with Crippen molar-refractivity contribution in [1.82, 2.24) is 10.2 Å². The average molecular weight is 473 g/mol. The number of nitrogens with one attached hydrogen (secondary N) is 1. The fourth-order valence-electron chi connectivity index (χ4n) is 4.18. The maximum absolute atomic E-state index is 13.3. The van der Waals surface area contributed by atoms with Gasteiger partial charge in [0.25, 0.3) is 5.91 Å². The molecular formula is C26H33ClN2O4. The van der Waals surface area contributed by atoms with E-state index in [1.54, 1.807) is 36.3 Å². The van der Waals surface area contributed by atoms with Crippen LogP contribution < -0.4 is 14.8 Å². The minimum Gasteiger partial charge on any atom is -0.497 e. The highest BCUT2D eigenvalue weighted by atomic mass is 35.5. The summed E-state index contributed by atoms with van der Waals surface area (Å²) < 4.78 is 10.9. The molecule has 6 nitrogen and oxygen atoms in total. The van der Waals surface area contributed by atoms with Crippen molar-refractivity contribution in [3.63, 3.8) is 0 Å².